The molecule has 1 N–H and O–H groups in total. The molecule has 2 aromatic heterocycles. The Morgan fingerprint density at radius 3 is 2.45 bits per heavy atom. The highest BCUT2D eigenvalue weighted by molar-refractivity contribution is 6.07. The molecule has 0 saturated heterocycles. The zero-order chi connectivity index (χ0) is 21.0. The minimum absolute atomic E-state index is 0.0279. The number of carbonyl (C=O) groups is 2. The van der Waals surface area contributed by atoms with Gasteiger partial charge in [-0.1, -0.05) is 5.16 Å². The number of methoxy groups -OCH3 is 2. The highest BCUT2D eigenvalue weighted by atomic mass is 16.5. The van der Waals surface area contributed by atoms with E-state index in [-0.39, 0.29) is 23.6 Å². The van der Waals surface area contributed by atoms with Crippen molar-refractivity contribution in [1.82, 2.24) is 5.16 Å². The van der Waals surface area contributed by atoms with Crippen molar-refractivity contribution in [3.05, 3.63) is 58.9 Å². The molecule has 0 fully saturated rings. The molecule has 1 aromatic carbocycles. The topological polar surface area (TPSA) is 113 Å². The van der Waals surface area contributed by atoms with Gasteiger partial charge in [-0.25, -0.2) is 4.79 Å². The lowest BCUT2D eigenvalue weighted by Crippen LogP contribution is -2.16. The van der Waals surface area contributed by atoms with Crippen LogP contribution in [0.15, 0.2) is 39.5 Å². The van der Waals surface area contributed by atoms with Gasteiger partial charge in [0.05, 0.1) is 43.0 Å². The van der Waals surface area contributed by atoms with Gasteiger partial charge < -0.3 is 28.5 Å². The van der Waals surface area contributed by atoms with Crippen molar-refractivity contribution in [3.8, 4) is 11.5 Å². The van der Waals surface area contributed by atoms with E-state index in [0.29, 0.717) is 28.5 Å². The Labute approximate surface area is 166 Å². The van der Waals surface area contributed by atoms with E-state index >= 15 is 0 Å². The Morgan fingerprint density at radius 2 is 1.86 bits per heavy atom. The summed E-state index contributed by atoms with van der Waals surface area (Å²) in [5.74, 6) is 0.115. The van der Waals surface area contributed by atoms with Crippen LogP contribution < -0.4 is 14.8 Å². The molecule has 2 heterocycles. The normalized spacial score (nSPS) is 10.5. The summed E-state index contributed by atoms with van der Waals surface area (Å²) in [4.78, 5) is 25.2. The second kappa shape index (κ2) is 8.51. The van der Waals surface area contributed by atoms with E-state index in [2.05, 4.69) is 10.5 Å². The largest absolute Gasteiger partial charge is 0.493 e. The molecule has 3 rings (SSSR count). The van der Waals surface area contributed by atoms with Gasteiger partial charge in [0.1, 0.15) is 12.4 Å². The molecule has 0 aliphatic carbocycles. The van der Waals surface area contributed by atoms with Crippen molar-refractivity contribution in [2.45, 2.75) is 20.5 Å². The van der Waals surface area contributed by atoms with Crippen LogP contribution in [0.2, 0.25) is 0 Å². The third-order valence-corrected chi connectivity index (χ3v) is 4.27. The summed E-state index contributed by atoms with van der Waals surface area (Å²) >= 11 is 0. The number of amides is 1. The van der Waals surface area contributed by atoms with Gasteiger partial charge in [-0.3, -0.25) is 4.79 Å². The number of aromatic nitrogens is 1. The molecule has 0 bridgehead atoms. The number of rotatable bonds is 7. The fourth-order valence-corrected chi connectivity index (χ4v) is 2.67. The van der Waals surface area contributed by atoms with E-state index < -0.39 is 11.9 Å². The van der Waals surface area contributed by atoms with Crippen molar-refractivity contribution >= 4 is 17.6 Å². The Hall–Kier alpha value is -3.75. The molecular formula is C20H20N2O7. The minimum Gasteiger partial charge on any atom is -0.493 e. The highest BCUT2D eigenvalue weighted by Crippen LogP contribution is 2.34. The summed E-state index contributed by atoms with van der Waals surface area (Å²) in [7, 11) is 2.89. The van der Waals surface area contributed by atoms with Crippen molar-refractivity contribution in [3.63, 3.8) is 0 Å². The summed E-state index contributed by atoms with van der Waals surface area (Å²) in [6, 6.07) is 6.01. The van der Waals surface area contributed by atoms with E-state index in [1.807, 2.05) is 0 Å². The zero-order valence-electron chi connectivity index (χ0n) is 16.4. The van der Waals surface area contributed by atoms with Crippen molar-refractivity contribution < 1.29 is 32.7 Å². The number of ether oxygens (including phenoxy) is 3. The predicted molar refractivity (Wildman–Crippen MR) is 101 cm³/mol. The molecule has 152 valence electrons. The van der Waals surface area contributed by atoms with Crippen LogP contribution >= 0.6 is 0 Å². The zero-order valence-corrected chi connectivity index (χ0v) is 16.4. The van der Waals surface area contributed by atoms with Gasteiger partial charge in [0.2, 0.25) is 0 Å². The Bertz CT molecular complexity index is 1000. The molecule has 1 amide bonds. The first-order valence-electron chi connectivity index (χ1n) is 8.64. The van der Waals surface area contributed by atoms with Gasteiger partial charge in [0.25, 0.3) is 5.91 Å². The van der Waals surface area contributed by atoms with Crippen LogP contribution in [0.5, 0.6) is 11.5 Å². The second-order valence-corrected chi connectivity index (χ2v) is 6.06. The van der Waals surface area contributed by atoms with Crippen molar-refractivity contribution in [1.29, 1.82) is 0 Å². The number of benzene rings is 1. The summed E-state index contributed by atoms with van der Waals surface area (Å²) in [6.07, 6.45) is 1.38. The first-order chi connectivity index (χ1) is 13.9. The molecule has 0 saturated carbocycles. The molecule has 0 unspecified atom stereocenters. The van der Waals surface area contributed by atoms with E-state index in [0.717, 1.165) is 0 Å². The van der Waals surface area contributed by atoms with Crippen LogP contribution in [0, 0.1) is 13.8 Å². The van der Waals surface area contributed by atoms with Crippen LogP contribution in [-0.4, -0.2) is 31.3 Å². The Morgan fingerprint density at radius 1 is 1.14 bits per heavy atom. The molecule has 0 atom stereocenters. The van der Waals surface area contributed by atoms with Crippen LogP contribution in [0.1, 0.15) is 37.9 Å². The van der Waals surface area contributed by atoms with E-state index in [1.165, 1.54) is 38.7 Å². The van der Waals surface area contributed by atoms with Crippen molar-refractivity contribution in [2.24, 2.45) is 0 Å². The maximum absolute atomic E-state index is 12.8. The Kier molecular flexibility index (Phi) is 5.87. The standard InChI is InChI=1S/C20H20N2O7/c1-11-14(12(2)29-22-11)10-28-20(24)13-8-17(25-3)18(26-4)9-15(13)21-19(23)16-6-5-7-27-16/h5-9H,10H2,1-4H3,(H,21,23). The van der Waals surface area contributed by atoms with E-state index in [1.54, 1.807) is 19.9 Å². The van der Waals surface area contributed by atoms with Gasteiger partial charge in [-0.05, 0) is 26.0 Å². The van der Waals surface area contributed by atoms with Crippen LogP contribution in [0.4, 0.5) is 5.69 Å². The minimum atomic E-state index is -0.666. The number of nitrogens with zero attached hydrogens (tertiary/aromatic N) is 1. The monoisotopic (exact) mass is 400 g/mol. The third-order valence-electron chi connectivity index (χ3n) is 4.27. The fraction of sp³-hybridized carbons (Fsp3) is 0.250. The maximum atomic E-state index is 12.8. The van der Waals surface area contributed by atoms with Crippen molar-refractivity contribution in [2.75, 3.05) is 19.5 Å². The molecule has 9 heteroatoms. The van der Waals surface area contributed by atoms with E-state index in [4.69, 9.17) is 23.2 Å². The van der Waals surface area contributed by atoms with Gasteiger partial charge in [-0.15, -0.1) is 0 Å². The fourth-order valence-electron chi connectivity index (χ4n) is 2.67. The summed E-state index contributed by atoms with van der Waals surface area (Å²) in [5.41, 5.74) is 1.59. The smallest absolute Gasteiger partial charge is 0.340 e. The summed E-state index contributed by atoms with van der Waals surface area (Å²) in [6.45, 7) is 3.46. The molecule has 3 aromatic rings. The molecule has 0 radical (unpaired) electrons. The second-order valence-electron chi connectivity index (χ2n) is 6.06. The number of carbonyl (C=O) groups excluding carboxylic acids is 2. The average Bonchev–Trinajstić information content (AvgIpc) is 3.36. The lowest BCUT2D eigenvalue weighted by molar-refractivity contribution is 0.0471. The first-order valence-corrected chi connectivity index (χ1v) is 8.64. The lowest BCUT2D eigenvalue weighted by Gasteiger charge is -2.15. The number of furan rings is 1. The van der Waals surface area contributed by atoms with Crippen LogP contribution in [0.3, 0.4) is 0 Å². The maximum Gasteiger partial charge on any atom is 0.340 e. The number of hydrogen-bond donors (Lipinski definition) is 1. The molecule has 9 nitrogen and oxygen atoms in total. The predicted octanol–water partition coefficient (Wildman–Crippen LogP) is 3.51. The first kappa shape index (κ1) is 20.0. The van der Waals surface area contributed by atoms with Crippen LogP contribution in [0.25, 0.3) is 0 Å². The lowest BCUT2D eigenvalue weighted by atomic mass is 10.1. The molecule has 29 heavy (non-hydrogen) atoms. The van der Waals surface area contributed by atoms with Gasteiger partial charge in [0.15, 0.2) is 17.3 Å². The third kappa shape index (κ3) is 4.23. The molecule has 0 aliphatic heterocycles. The molecule has 0 spiro atoms. The average molecular weight is 400 g/mol. The number of anilines is 1. The summed E-state index contributed by atoms with van der Waals surface area (Å²) in [5, 5.41) is 6.47. The SMILES string of the molecule is COc1cc(NC(=O)c2ccco2)c(C(=O)OCc2c(C)noc2C)cc1OC. The van der Waals surface area contributed by atoms with E-state index in [9.17, 15) is 9.59 Å². The number of esters is 1. The van der Waals surface area contributed by atoms with Gasteiger partial charge >= 0.3 is 5.97 Å². The molecule has 0 aliphatic rings. The van der Waals surface area contributed by atoms with Gasteiger partial charge in [0, 0.05) is 12.1 Å². The van der Waals surface area contributed by atoms with Gasteiger partial charge in [-0.2, -0.15) is 0 Å². The quantitative estimate of drug-likeness (QED) is 0.600. The number of hydrogen-bond acceptors (Lipinski definition) is 8. The Balaban J connectivity index is 1.90. The van der Waals surface area contributed by atoms with Crippen LogP contribution in [-0.2, 0) is 11.3 Å². The molecular weight excluding hydrogens is 380 g/mol. The summed E-state index contributed by atoms with van der Waals surface area (Å²) < 4.78 is 26.1. The highest BCUT2D eigenvalue weighted by Gasteiger charge is 2.22. The number of aryl methyl sites for hydroxylation is 2. The number of nitrogens with one attached hydrogen (secondary N) is 1.